The van der Waals surface area contributed by atoms with Crippen molar-refractivity contribution in [2.24, 2.45) is 0 Å². The molecule has 0 saturated carbocycles. The van der Waals surface area contributed by atoms with E-state index in [0.29, 0.717) is 11.1 Å². The Morgan fingerprint density at radius 1 is 1.14 bits per heavy atom. The van der Waals surface area contributed by atoms with Gasteiger partial charge >= 0.3 is 12.1 Å². The highest BCUT2D eigenvalue weighted by Crippen LogP contribution is 2.30. The van der Waals surface area contributed by atoms with E-state index in [0.717, 1.165) is 24.5 Å². The Morgan fingerprint density at radius 2 is 1.86 bits per heavy atom. The van der Waals surface area contributed by atoms with E-state index >= 15 is 0 Å². The lowest BCUT2D eigenvalue weighted by Gasteiger charge is -2.11. The number of carbonyl (C=O) groups is 1. The summed E-state index contributed by atoms with van der Waals surface area (Å²) in [5.74, 6) is 0.0676. The fourth-order valence-corrected chi connectivity index (χ4v) is 2.92. The molecule has 1 N–H and O–H groups in total. The summed E-state index contributed by atoms with van der Waals surface area (Å²) in [6.07, 6.45) is -2.39. The number of carboxylic acids is 1. The highest BCUT2D eigenvalue weighted by atomic mass is 19.4. The number of nitrogens with zero attached hydrogens (tertiary/aromatic N) is 1. The number of pyridine rings is 1. The first-order valence-corrected chi connectivity index (χ1v) is 7.99. The number of rotatable bonds is 4. The van der Waals surface area contributed by atoms with E-state index in [9.17, 15) is 32.7 Å². The van der Waals surface area contributed by atoms with Crippen molar-refractivity contribution in [3.05, 3.63) is 81.1 Å². The van der Waals surface area contributed by atoms with Gasteiger partial charge in [0.05, 0.1) is 17.3 Å². The third kappa shape index (κ3) is 3.72. The van der Waals surface area contributed by atoms with Gasteiger partial charge in [-0.3, -0.25) is 4.79 Å². The van der Waals surface area contributed by atoms with Crippen LogP contribution in [-0.4, -0.2) is 21.6 Å². The molecule has 0 aliphatic heterocycles. The van der Waals surface area contributed by atoms with Crippen LogP contribution in [0, 0.1) is 0 Å². The summed E-state index contributed by atoms with van der Waals surface area (Å²) in [4.78, 5) is 34.4. The van der Waals surface area contributed by atoms with E-state index in [1.807, 2.05) is 0 Å². The Balaban J connectivity index is 2.12. The van der Waals surface area contributed by atoms with Gasteiger partial charge in [0.25, 0.3) is 0 Å². The van der Waals surface area contributed by atoms with Crippen molar-refractivity contribution >= 4 is 29.0 Å². The number of halogens is 3. The lowest BCUT2D eigenvalue weighted by Crippen LogP contribution is -2.17. The van der Waals surface area contributed by atoms with Crippen LogP contribution in [0.5, 0.6) is 0 Å². The molecule has 3 aromatic rings. The number of aromatic nitrogens is 1. The van der Waals surface area contributed by atoms with E-state index in [1.165, 1.54) is 34.8 Å². The van der Waals surface area contributed by atoms with Crippen molar-refractivity contribution < 1.29 is 27.9 Å². The molecule has 3 rings (SSSR count). The molecule has 8 heteroatoms. The monoisotopic (exact) mass is 387 g/mol. The van der Waals surface area contributed by atoms with Gasteiger partial charge < -0.3 is 9.67 Å². The summed E-state index contributed by atoms with van der Waals surface area (Å²) in [6.45, 7) is 0. The second-order valence-electron chi connectivity index (χ2n) is 6.06. The predicted molar refractivity (Wildman–Crippen MR) is 95.9 cm³/mol. The lowest BCUT2D eigenvalue weighted by atomic mass is 10.0. The fourth-order valence-electron chi connectivity index (χ4n) is 2.92. The van der Waals surface area contributed by atoms with Crippen LogP contribution in [0.15, 0.2) is 53.5 Å². The Bertz CT molecular complexity index is 1190. The number of fused-ring (bicyclic) bond motifs is 1. The van der Waals surface area contributed by atoms with Crippen LogP contribution < -0.4 is 5.43 Å². The van der Waals surface area contributed by atoms with Gasteiger partial charge in [0.2, 0.25) is 5.43 Å². The fraction of sp³-hybridized carbons (Fsp3) is 0.100. The lowest BCUT2D eigenvalue weighted by molar-refractivity contribution is -0.137. The Hall–Kier alpha value is -3.64. The Morgan fingerprint density at radius 3 is 2.50 bits per heavy atom. The molecule has 0 aliphatic carbocycles. The first kappa shape index (κ1) is 19.1. The van der Waals surface area contributed by atoms with Gasteiger partial charge in [0.15, 0.2) is 0 Å². The number of benzene rings is 2. The first-order chi connectivity index (χ1) is 13.2. The molecule has 0 amide bonds. The van der Waals surface area contributed by atoms with Crippen LogP contribution in [0.2, 0.25) is 0 Å². The van der Waals surface area contributed by atoms with Crippen molar-refractivity contribution in [2.45, 2.75) is 12.6 Å². The number of carbonyl (C=O) groups excluding carboxylic acids is 1. The Labute approximate surface area is 156 Å². The van der Waals surface area contributed by atoms with E-state index in [2.05, 4.69) is 0 Å². The van der Waals surface area contributed by atoms with Gasteiger partial charge in [-0.25, -0.2) is 9.59 Å². The van der Waals surface area contributed by atoms with Crippen LogP contribution in [0.3, 0.4) is 0 Å². The van der Waals surface area contributed by atoms with Gasteiger partial charge in [0, 0.05) is 11.6 Å². The van der Waals surface area contributed by atoms with Crippen molar-refractivity contribution in [2.75, 3.05) is 0 Å². The van der Waals surface area contributed by atoms with Crippen molar-refractivity contribution in [3.63, 3.8) is 0 Å². The molecule has 0 fully saturated rings. The second-order valence-corrected chi connectivity index (χ2v) is 6.06. The average molecular weight is 387 g/mol. The zero-order chi connectivity index (χ0) is 20.5. The van der Waals surface area contributed by atoms with Gasteiger partial charge in [-0.15, -0.1) is 0 Å². The SMILES string of the molecule is O=C=Cn1cc(C(=O)O)c(=O)c2cc(Cc3cccc(C(F)(F)F)c3)ccc21. The maximum absolute atomic E-state index is 12.9. The molecule has 28 heavy (non-hydrogen) atoms. The van der Waals surface area contributed by atoms with Crippen LogP contribution in [0.25, 0.3) is 17.1 Å². The minimum absolute atomic E-state index is 0.0378. The highest BCUT2D eigenvalue weighted by molar-refractivity contribution is 5.94. The molecule has 0 aliphatic rings. The maximum atomic E-state index is 12.9. The summed E-state index contributed by atoms with van der Waals surface area (Å²) in [5, 5.41) is 9.23. The molecule has 142 valence electrons. The van der Waals surface area contributed by atoms with Gasteiger partial charge in [-0.2, -0.15) is 13.2 Å². The standard InChI is InChI=1S/C20H12F3NO4/c21-20(22,23)14-3-1-2-12(9-14)8-13-4-5-17-15(10-13)18(26)16(19(27)28)11-24(17)6-7-25/h1-6,9-11H,8H2,(H,27,28). The molecule has 0 spiro atoms. The summed E-state index contributed by atoms with van der Waals surface area (Å²) < 4.78 is 39.8. The van der Waals surface area contributed by atoms with Crippen molar-refractivity contribution in [1.29, 1.82) is 0 Å². The normalized spacial score (nSPS) is 11.2. The number of carboxylic acid groups (broad SMARTS) is 1. The van der Waals surface area contributed by atoms with E-state index in [-0.39, 0.29) is 17.3 Å². The minimum Gasteiger partial charge on any atom is -0.477 e. The van der Waals surface area contributed by atoms with Crippen LogP contribution in [0.4, 0.5) is 13.2 Å². The molecular formula is C20H12F3NO4. The molecule has 0 saturated heterocycles. The molecule has 2 aromatic carbocycles. The van der Waals surface area contributed by atoms with Crippen molar-refractivity contribution in [3.8, 4) is 0 Å². The van der Waals surface area contributed by atoms with Gasteiger partial charge in [-0.1, -0.05) is 24.3 Å². The molecule has 0 atom stereocenters. The number of hydrogen-bond donors (Lipinski definition) is 1. The quantitative estimate of drug-likeness (QED) is 0.694. The van der Waals surface area contributed by atoms with Crippen LogP contribution in [0.1, 0.15) is 27.0 Å². The summed E-state index contributed by atoms with van der Waals surface area (Å²) in [7, 11) is 0. The molecule has 5 nitrogen and oxygen atoms in total. The van der Waals surface area contributed by atoms with E-state index < -0.39 is 28.7 Å². The van der Waals surface area contributed by atoms with Crippen molar-refractivity contribution in [1.82, 2.24) is 4.57 Å². The van der Waals surface area contributed by atoms with E-state index in [4.69, 9.17) is 0 Å². The van der Waals surface area contributed by atoms with Crippen LogP contribution in [-0.2, 0) is 17.4 Å². The number of hydrogen-bond acceptors (Lipinski definition) is 3. The largest absolute Gasteiger partial charge is 0.477 e. The molecule has 0 bridgehead atoms. The zero-order valence-corrected chi connectivity index (χ0v) is 14.2. The summed E-state index contributed by atoms with van der Waals surface area (Å²) >= 11 is 0. The second kappa shape index (κ2) is 7.17. The smallest absolute Gasteiger partial charge is 0.416 e. The highest BCUT2D eigenvalue weighted by Gasteiger charge is 2.30. The minimum atomic E-state index is -4.47. The molecule has 1 aromatic heterocycles. The first-order valence-electron chi connectivity index (χ1n) is 7.99. The number of aromatic carboxylic acids is 1. The molecular weight excluding hydrogens is 375 g/mol. The molecule has 0 unspecified atom stereocenters. The summed E-state index contributed by atoms with van der Waals surface area (Å²) in [6, 6.07) is 9.32. The van der Waals surface area contributed by atoms with Crippen LogP contribution >= 0.6 is 0 Å². The molecule has 0 radical (unpaired) electrons. The van der Waals surface area contributed by atoms with Gasteiger partial charge in [-0.05, 0) is 35.7 Å². The molecule has 1 heterocycles. The Kier molecular flexibility index (Phi) is 4.90. The maximum Gasteiger partial charge on any atom is 0.416 e. The zero-order valence-electron chi connectivity index (χ0n) is 14.2. The van der Waals surface area contributed by atoms with Gasteiger partial charge in [0.1, 0.15) is 11.5 Å². The topological polar surface area (TPSA) is 76.4 Å². The third-order valence-corrected chi connectivity index (χ3v) is 4.18. The summed E-state index contributed by atoms with van der Waals surface area (Å²) in [5.41, 5.74) is -0.868. The third-order valence-electron chi connectivity index (χ3n) is 4.18. The average Bonchev–Trinajstić information content (AvgIpc) is 2.63. The predicted octanol–water partition coefficient (Wildman–Crippen LogP) is 3.61. The van der Waals surface area contributed by atoms with E-state index in [1.54, 1.807) is 6.07 Å². The number of alkyl halides is 3.